The number of aromatic nitrogens is 2. The van der Waals surface area contributed by atoms with Gasteiger partial charge >= 0.3 is 0 Å². The number of hydrazine groups is 1. The average molecular weight is 357 g/mol. The Balaban J connectivity index is 1.79. The molecule has 0 spiro atoms. The number of rotatable bonds is 4. The highest BCUT2D eigenvalue weighted by molar-refractivity contribution is 5.87. The van der Waals surface area contributed by atoms with E-state index in [4.69, 9.17) is 0 Å². The largest absolute Gasteiger partial charge is 0.353 e. The molecule has 0 radical (unpaired) electrons. The van der Waals surface area contributed by atoms with Gasteiger partial charge in [-0.15, -0.1) is 0 Å². The molecule has 3 heterocycles. The Morgan fingerprint density at radius 3 is 2.81 bits per heavy atom. The van der Waals surface area contributed by atoms with E-state index in [1.54, 1.807) is 12.3 Å². The Labute approximate surface area is 153 Å². The van der Waals surface area contributed by atoms with Gasteiger partial charge in [-0.3, -0.25) is 25.4 Å². The number of pyridine rings is 2. The van der Waals surface area contributed by atoms with Crippen LogP contribution in [0.4, 0.5) is 0 Å². The molecule has 2 aromatic rings. The van der Waals surface area contributed by atoms with Gasteiger partial charge in [0.15, 0.2) is 0 Å². The molecule has 1 amide bonds. The standard InChI is InChI=1S/C19H27N5O2/c1-10-8-21-22-9-15(10)12(3)23-17(25)7-14-11(2)18-13(4)20-6-5-16(18)24-19(14)26/h5-6,10,12,15,21-22H,7-9H2,1-4H3,(H,23,25)(H,24,26)/t10?,12-,15?/m0/s1. The Hall–Kier alpha value is -2.25. The summed E-state index contributed by atoms with van der Waals surface area (Å²) in [6.45, 7) is 9.68. The molecule has 0 bridgehead atoms. The lowest BCUT2D eigenvalue weighted by Gasteiger charge is -2.34. The average Bonchev–Trinajstić information content (AvgIpc) is 2.58. The van der Waals surface area contributed by atoms with E-state index in [0.717, 1.165) is 35.2 Å². The molecule has 1 aliphatic rings. The smallest absolute Gasteiger partial charge is 0.252 e. The van der Waals surface area contributed by atoms with Gasteiger partial charge in [-0.1, -0.05) is 6.92 Å². The van der Waals surface area contributed by atoms with Gasteiger partial charge in [0.1, 0.15) is 0 Å². The topological polar surface area (TPSA) is 98.9 Å². The summed E-state index contributed by atoms with van der Waals surface area (Å²) >= 11 is 0. The summed E-state index contributed by atoms with van der Waals surface area (Å²) in [6.07, 6.45) is 1.75. The van der Waals surface area contributed by atoms with E-state index in [1.165, 1.54) is 0 Å². The molecule has 26 heavy (non-hydrogen) atoms. The van der Waals surface area contributed by atoms with Crippen molar-refractivity contribution in [2.24, 2.45) is 11.8 Å². The van der Waals surface area contributed by atoms with Crippen LogP contribution in [0.1, 0.15) is 30.7 Å². The van der Waals surface area contributed by atoms with Crippen molar-refractivity contribution in [1.82, 2.24) is 26.1 Å². The van der Waals surface area contributed by atoms with E-state index in [0.29, 0.717) is 17.4 Å². The molecule has 7 heteroatoms. The number of H-pyrrole nitrogens is 1. The highest BCUT2D eigenvalue weighted by atomic mass is 16.2. The van der Waals surface area contributed by atoms with Gasteiger partial charge in [0.05, 0.1) is 11.9 Å². The van der Waals surface area contributed by atoms with E-state index in [-0.39, 0.29) is 23.9 Å². The number of aryl methyl sites for hydroxylation is 2. The maximum atomic E-state index is 12.6. The van der Waals surface area contributed by atoms with E-state index in [9.17, 15) is 9.59 Å². The second-order valence-corrected chi connectivity index (χ2v) is 7.31. The van der Waals surface area contributed by atoms with Crippen LogP contribution in [0.25, 0.3) is 10.9 Å². The van der Waals surface area contributed by atoms with Crippen LogP contribution in [0.3, 0.4) is 0 Å². The fourth-order valence-electron chi connectivity index (χ4n) is 3.89. The van der Waals surface area contributed by atoms with Gasteiger partial charge in [-0.2, -0.15) is 0 Å². The monoisotopic (exact) mass is 357 g/mol. The minimum atomic E-state index is -0.208. The molecule has 1 saturated heterocycles. The summed E-state index contributed by atoms with van der Waals surface area (Å²) in [7, 11) is 0. The Morgan fingerprint density at radius 1 is 1.35 bits per heavy atom. The number of nitrogens with one attached hydrogen (secondary N) is 4. The third kappa shape index (κ3) is 3.64. The van der Waals surface area contributed by atoms with E-state index >= 15 is 0 Å². The molecule has 0 aliphatic carbocycles. The van der Waals surface area contributed by atoms with Crippen LogP contribution in [0, 0.1) is 25.7 Å². The summed E-state index contributed by atoms with van der Waals surface area (Å²) in [5, 5.41) is 3.99. The fraction of sp³-hybridized carbons (Fsp3) is 0.526. The van der Waals surface area contributed by atoms with Crippen molar-refractivity contribution in [3.05, 3.63) is 39.4 Å². The third-order valence-electron chi connectivity index (χ3n) is 5.48. The Bertz CT molecular complexity index is 876. The number of aromatic amines is 1. The maximum absolute atomic E-state index is 12.6. The van der Waals surface area contributed by atoms with E-state index in [1.807, 2.05) is 20.8 Å². The molecule has 0 aromatic carbocycles. The van der Waals surface area contributed by atoms with Crippen LogP contribution in [-0.4, -0.2) is 35.0 Å². The van der Waals surface area contributed by atoms with Crippen molar-refractivity contribution in [1.29, 1.82) is 0 Å². The first-order valence-electron chi connectivity index (χ1n) is 9.10. The minimum absolute atomic E-state index is 0.0374. The molecular weight excluding hydrogens is 330 g/mol. The lowest BCUT2D eigenvalue weighted by Crippen LogP contribution is -2.54. The second kappa shape index (κ2) is 7.55. The van der Waals surface area contributed by atoms with Crippen LogP contribution in [0.5, 0.6) is 0 Å². The minimum Gasteiger partial charge on any atom is -0.353 e. The van der Waals surface area contributed by atoms with Gasteiger partial charge in [0.25, 0.3) is 5.56 Å². The van der Waals surface area contributed by atoms with Gasteiger partial charge in [-0.25, -0.2) is 0 Å². The first-order chi connectivity index (χ1) is 12.4. The molecule has 2 aromatic heterocycles. The predicted molar refractivity (Wildman–Crippen MR) is 102 cm³/mol. The van der Waals surface area contributed by atoms with Crippen LogP contribution >= 0.6 is 0 Å². The van der Waals surface area contributed by atoms with Gasteiger partial charge < -0.3 is 10.3 Å². The normalized spacial score (nSPS) is 21.5. The lowest BCUT2D eigenvalue weighted by molar-refractivity contribution is -0.121. The van der Waals surface area contributed by atoms with Gasteiger partial charge in [0.2, 0.25) is 5.91 Å². The zero-order valence-electron chi connectivity index (χ0n) is 15.8. The number of fused-ring (bicyclic) bond motifs is 1. The molecule has 1 fully saturated rings. The number of carbonyl (C=O) groups excluding carboxylic acids is 1. The lowest BCUT2D eigenvalue weighted by atomic mass is 9.86. The summed E-state index contributed by atoms with van der Waals surface area (Å²) in [5.41, 5.74) is 9.02. The van der Waals surface area contributed by atoms with Crippen molar-refractivity contribution in [3.63, 3.8) is 0 Å². The van der Waals surface area contributed by atoms with E-state index in [2.05, 4.69) is 33.1 Å². The molecule has 3 rings (SSSR count). The first-order valence-corrected chi connectivity index (χ1v) is 9.10. The number of hydrogen-bond donors (Lipinski definition) is 4. The maximum Gasteiger partial charge on any atom is 0.252 e. The van der Waals surface area contributed by atoms with Gasteiger partial charge in [0, 0.05) is 42.0 Å². The molecule has 7 nitrogen and oxygen atoms in total. The molecule has 0 saturated carbocycles. The number of hydrogen-bond acceptors (Lipinski definition) is 5. The summed E-state index contributed by atoms with van der Waals surface area (Å²) in [4.78, 5) is 32.2. The quantitative estimate of drug-likeness (QED) is 0.653. The number of amides is 1. The first kappa shape index (κ1) is 18.5. The molecule has 1 aliphatic heterocycles. The Morgan fingerprint density at radius 2 is 2.08 bits per heavy atom. The predicted octanol–water partition coefficient (Wildman–Crippen LogP) is 0.947. The molecule has 140 valence electrons. The molecule has 4 N–H and O–H groups in total. The van der Waals surface area contributed by atoms with Crippen molar-refractivity contribution in [2.75, 3.05) is 13.1 Å². The summed E-state index contributed by atoms with van der Waals surface area (Å²) < 4.78 is 0. The summed E-state index contributed by atoms with van der Waals surface area (Å²) in [6, 6.07) is 1.82. The van der Waals surface area contributed by atoms with Crippen LogP contribution in [0.2, 0.25) is 0 Å². The number of nitrogens with zero attached hydrogens (tertiary/aromatic N) is 1. The molecular formula is C19H27N5O2. The van der Waals surface area contributed by atoms with Crippen LogP contribution < -0.4 is 21.7 Å². The molecule has 3 atom stereocenters. The highest BCUT2D eigenvalue weighted by Gasteiger charge is 2.27. The van der Waals surface area contributed by atoms with Crippen LogP contribution in [-0.2, 0) is 11.2 Å². The summed E-state index contributed by atoms with van der Waals surface area (Å²) in [5.74, 6) is 0.687. The SMILES string of the molecule is Cc1nccc2[nH]c(=O)c(CC(=O)N[C@@H](C)C3CNNCC3C)c(C)c12. The highest BCUT2D eigenvalue weighted by Crippen LogP contribution is 2.20. The van der Waals surface area contributed by atoms with Crippen molar-refractivity contribution < 1.29 is 4.79 Å². The second-order valence-electron chi connectivity index (χ2n) is 7.31. The zero-order valence-corrected chi connectivity index (χ0v) is 15.8. The molecule has 2 unspecified atom stereocenters. The van der Waals surface area contributed by atoms with E-state index < -0.39 is 0 Å². The van der Waals surface area contributed by atoms with Gasteiger partial charge in [-0.05, 0) is 44.2 Å². The van der Waals surface area contributed by atoms with Crippen molar-refractivity contribution in [3.8, 4) is 0 Å². The Kier molecular flexibility index (Phi) is 5.38. The zero-order chi connectivity index (χ0) is 18.8. The third-order valence-corrected chi connectivity index (χ3v) is 5.48. The van der Waals surface area contributed by atoms with Crippen molar-refractivity contribution in [2.45, 2.75) is 40.2 Å². The van der Waals surface area contributed by atoms with Crippen LogP contribution in [0.15, 0.2) is 17.1 Å². The van der Waals surface area contributed by atoms with Crippen molar-refractivity contribution >= 4 is 16.8 Å². The fourth-order valence-corrected chi connectivity index (χ4v) is 3.89. The number of carbonyl (C=O) groups is 1.